The molecule has 3 rings (SSSR count). The first kappa shape index (κ1) is 15.1. The largest absolute Gasteiger partial charge is 0.478 e. The van der Waals surface area contributed by atoms with Crippen LogP contribution in [0, 0.1) is 0 Å². The van der Waals surface area contributed by atoms with Crippen LogP contribution in [-0.4, -0.2) is 17.9 Å². The molecule has 0 fully saturated rings. The second-order valence-corrected chi connectivity index (χ2v) is 5.39. The van der Waals surface area contributed by atoms with Crippen LogP contribution in [0.5, 0.6) is 5.75 Å². The van der Waals surface area contributed by atoms with Crippen LogP contribution < -0.4 is 15.4 Å². The molecule has 0 aromatic heterocycles. The van der Waals surface area contributed by atoms with Gasteiger partial charge in [-0.25, -0.2) is 0 Å². The van der Waals surface area contributed by atoms with E-state index in [-0.39, 0.29) is 18.2 Å². The Balaban J connectivity index is 1.62. The average molecular weight is 310 g/mol. The maximum atomic E-state index is 12.1. The Morgan fingerprint density at radius 1 is 1.17 bits per heavy atom. The standard InChI is InChI=1S/C18H18N2O3/c1-2-12-7-9-13(10-8-12)19-17(21)11-16-18(22)20-14-5-3-4-6-15(14)23-16/h3-10,16H,2,11H2,1H3,(H,19,21)(H,20,22)/t16-/m1/s1. The fraction of sp³-hybridized carbons (Fsp3) is 0.222. The quantitative estimate of drug-likeness (QED) is 0.912. The fourth-order valence-electron chi connectivity index (χ4n) is 2.43. The zero-order valence-electron chi connectivity index (χ0n) is 12.8. The maximum absolute atomic E-state index is 12.1. The highest BCUT2D eigenvalue weighted by Gasteiger charge is 2.29. The first-order valence-corrected chi connectivity index (χ1v) is 7.61. The third-order valence-electron chi connectivity index (χ3n) is 3.72. The number of anilines is 2. The van der Waals surface area contributed by atoms with Crippen molar-refractivity contribution in [1.29, 1.82) is 0 Å². The minimum atomic E-state index is -0.820. The van der Waals surface area contributed by atoms with Gasteiger partial charge in [-0.1, -0.05) is 31.2 Å². The van der Waals surface area contributed by atoms with E-state index in [1.807, 2.05) is 36.4 Å². The minimum Gasteiger partial charge on any atom is -0.478 e. The Kier molecular flexibility index (Phi) is 4.28. The zero-order valence-corrected chi connectivity index (χ0v) is 12.8. The molecule has 0 spiro atoms. The Morgan fingerprint density at radius 3 is 2.65 bits per heavy atom. The predicted octanol–water partition coefficient (Wildman–Crippen LogP) is 2.98. The van der Waals surface area contributed by atoms with Crippen LogP contribution in [0.4, 0.5) is 11.4 Å². The van der Waals surface area contributed by atoms with Crippen molar-refractivity contribution in [3.8, 4) is 5.75 Å². The Morgan fingerprint density at radius 2 is 1.91 bits per heavy atom. The van der Waals surface area contributed by atoms with Crippen LogP contribution in [0.2, 0.25) is 0 Å². The molecular weight excluding hydrogens is 292 g/mol. The van der Waals surface area contributed by atoms with Crippen molar-refractivity contribution in [3.05, 3.63) is 54.1 Å². The van der Waals surface area contributed by atoms with Crippen molar-refractivity contribution < 1.29 is 14.3 Å². The number of hydrogen-bond acceptors (Lipinski definition) is 3. The Hall–Kier alpha value is -2.82. The number of carbonyl (C=O) groups excluding carboxylic acids is 2. The second-order valence-electron chi connectivity index (χ2n) is 5.39. The molecule has 23 heavy (non-hydrogen) atoms. The molecule has 0 aliphatic carbocycles. The lowest BCUT2D eigenvalue weighted by atomic mass is 10.1. The van der Waals surface area contributed by atoms with Gasteiger partial charge in [0.05, 0.1) is 12.1 Å². The van der Waals surface area contributed by atoms with E-state index in [9.17, 15) is 9.59 Å². The van der Waals surface area contributed by atoms with E-state index in [4.69, 9.17) is 4.74 Å². The first-order valence-electron chi connectivity index (χ1n) is 7.61. The van der Waals surface area contributed by atoms with Gasteiger partial charge in [0.1, 0.15) is 5.75 Å². The van der Waals surface area contributed by atoms with E-state index in [2.05, 4.69) is 17.6 Å². The average Bonchev–Trinajstić information content (AvgIpc) is 2.56. The molecule has 1 aliphatic heterocycles. The van der Waals surface area contributed by atoms with Gasteiger partial charge in [0.25, 0.3) is 5.91 Å². The van der Waals surface area contributed by atoms with Crippen LogP contribution >= 0.6 is 0 Å². The van der Waals surface area contributed by atoms with Gasteiger partial charge >= 0.3 is 0 Å². The molecule has 0 unspecified atom stereocenters. The van der Waals surface area contributed by atoms with E-state index in [0.717, 1.165) is 6.42 Å². The van der Waals surface area contributed by atoms with E-state index in [1.165, 1.54) is 5.56 Å². The van der Waals surface area contributed by atoms with Gasteiger partial charge in [0.2, 0.25) is 5.91 Å². The van der Waals surface area contributed by atoms with Gasteiger partial charge in [-0.2, -0.15) is 0 Å². The number of nitrogens with one attached hydrogen (secondary N) is 2. The molecule has 5 heteroatoms. The van der Waals surface area contributed by atoms with Crippen molar-refractivity contribution in [1.82, 2.24) is 0 Å². The summed E-state index contributed by atoms with van der Waals surface area (Å²) in [6, 6.07) is 14.8. The van der Waals surface area contributed by atoms with Crippen molar-refractivity contribution in [3.63, 3.8) is 0 Å². The normalized spacial score (nSPS) is 16.0. The highest BCUT2D eigenvalue weighted by atomic mass is 16.5. The van der Waals surface area contributed by atoms with Crippen molar-refractivity contribution in [2.24, 2.45) is 0 Å². The number of para-hydroxylation sites is 2. The zero-order chi connectivity index (χ0) is 16.2. The molecule has 1 heterocycles. The molecule has 1 atom stereocenters. The molecule has 0 saturated carbocycles. The SMILES string of the molecule is CCc1ccc(NC(=O)C[C@H]2Oc3ccccc3NC2=O)cc1. The molecule has 2 N–H and O–H groups in total. The molecule has 2 aromatic rings. The van der Waals surface area contributed by atoms with Gasteiger partial charge in [0, 0.05) is 5.69 Å². The third-order valence-corrected chi connectivity index (χ3v) is 3.72. The number of ether oxygens (including phenoxy) is 1. The van der Waals surface area contributed by atoms with Crippen molar-refractivity contribution in [2.75, 3.05) is 10.6 Å². The monoisotopic (exact) mass is 310 g/mol. The topological polar surface area (TPSA) is 67.4 Å². The van der Waals surface area contributed by atoms with Crippen LogP contribution in [-0.2, 0) is 16.0 Å². The van der Waals surface area contributed by atoms with Gasteiger partial charge < -0.3 is 15.4 Å². The molecule has 0 bridgehead atoms. The van der Waals surface area contributed by atoms with E-state index < -0.39 is 6.10 Å². The van der Waals surface area contributed by atoms with Gasteiger partial charge in [-0.3, -0.25) is 9.59 Å². The summed E-state index contributed by atoms with van der Waals surface area (Å²) >= 11 is 0. The number of fused-ring (bicyclic) bond motifs is 1. The van der Waals surface area contributed by atoms with Crippen LogP contribution in [0.3, 0.4) is 0 Å². The highest BCUT2D eigenvalue weighted by molar-refractivity contribution is 6.01. The van der Waals surface area contributed by atoms with Gasteiger partial charge in [-0.15, -0.1) is 0 Å². The highest BCUT2D eigenvalue weighted by Crippen LogP contribution is 2.29. The number of hydrogen-bond donors (Lipinski definition) is 2. The summed E-state index contributed by atoms with van der Waals surface area (Å²) < 4.78 is 5.62. The Bertz CT molecular complexity index is 725. The molecule has 5 nitrogen and oxygen atoms in total. The summed E-state index contributed by atoms with van der Waals surface area (Å²) in [7, 11) is 0. The number of aryl methyl sites for hydroxylation is 1. The maximum Gasteiger partial charge on any atom is 0.266 e. The Labute approximate surface area is 134 Å². The smallest absolute Gasteiger partial charge is 0.266 e. The second kappa shape index (κ2) is 6.52. The summed E-state index contributed by atoms with van der Waals surface area (Å²) in [6.45, 7) is 2.07. The van der Waals surface area contributed by atoms with Crippen LogP contribution in [0.25, 0.3) is 0 Å². The summed E-state index contributed by atoms with van der Waals surface area (Å²) in [6.07, 6.45) is 0.0965. The third kappa shape index (κ3) is 3.51. The summed E-state index contributed by atoms with van der Waals surface area (Å²) in [4.78, 5) is 24.1. The molecule has 2 amide bonds. The predicted molar refractivity (Wildman–Crippen MR) is 88.6 cm³/mol. The lowest BCUT2D eigenvalue weighted by Gasteiger charge is -2.25. The summed E-state index contributed by atoms with van der Waals surface area (Å²) in [5, 5.41) is 5.54. The van der Waals surface area contributed by atoms with Crippen LogP contribution in [0.15, 0.2) is 48.5 Å². The summed E-state index contributed by atoms with van der Waals surface area (Å²) in [5.74, 6) is 0.0196. The molecule has 0 radical (unpaired) electrons. The molecule has 2 aromatic carbocycles. The minimum absolute atomic E-state index is 0.0320. The molecule has 118 valence electrons. The van der Waals surface area contributed by atoms with Crippen molar-refractivity contribution >= 4 is 23.2 Å². The first-order chi connectivity index (χ1) is 11.2. The number of carbonyl (C=O) groups is 2. The van der Waals surface area contributed by atoms with Gasteiger partial charge in [0.15, 0.2) is 6.10 Å². The number of amides is 2. The molecule has 0 saturated heterocycles. The van der Waals surface area contributed by atoms with Gasteiger partial charge in [-0.05, 0) is 36.2 Å². The van der Waals surface area contributed by atoms with Crippen molar-refractivity contribution in [2.45, 2.75) is 25.9 Å². The fourth-order valence-corrected chi connectivity index (χ4v) is 2.43. The van der Waals surface area contributed by atoms with Crippen LogP contribution in [0.1, 0.15) is 18.9 Å². The van der Waals surface area contributed by atoms with E-state index in [0.29, 0.717) is 17.1 Å². The molecule has 1 aliphatic rings. The lowest BCUT2D eigenvalue weighted by molar-refractivity contribution is -0.128. The lowest BCUT2D eigenvalue weighted by Crippen LogP contribution is -2.39. The van der Waals surface area contributed by atoms with E-state index in [1.54, 1.807) is 12.1 Å². The summed E-state index contributed by atoms with van der Waals surface area (Å²) in [5.41, 5.74) is 2.54. The van der Waals surface area contributed by atoms with E-state index >= 15 is 0 Å². The number of rotatable bonds is 4. The molecular formula is C18H18N2O3. The number of benzene rings is 2.